The summed E-state index contributed by atoms with van der Waals surface area (Å²) < 4.78 is 24.3. The van der Waals surface area contributed by atoms with Crippen LogP contribution in [-0.4, -0.2) is 69.4 Å². The molecule has 2 heterocycles. The Kier molecular flexibility index (Phi) is 7.87. The molecule has 9 heteroatoms. The summed E-state index contributed by atoms with van der Waals surface area (Å²) in [7, 11) is -3.28. The summed E-state index contributed by atoms with van der Waals surface area (Å²) in [6, 6.07) is 13.2. The lowest BCUT2D eigenvalue weighted by Crippen LogP contribution is -2.42. The predicted octanol–water partition coefficient (Wildman–Crippen LogP) is 3.86. The zero-order chi connectivity index (χ0) is 24.3. The summed E-state index contributed by atoms with van der Waals surface area (Å²) >= 11 is 1.69. The minimum atomic E-state index is -3.28. The zero-order valence-electron chi connectivity index (χ0n) is 19.7. The van der Waals surface area contributed by atoms with Crippen molar-refractivity contribution in [1.29, 1.82) is 0 Å². The molecule has 0 bridgehead atoms. The zero-order valence-corrected chi connectivity index (χ0v) is 21.4. The second-order valence-electron chi connectivity index (χ2n) is 9.23. The Balaban J connectivity index is 1.37. The third kappa shape index (κ3) is 5.94. The van der Waals surface area contributed by atoms with Crippen LogP contribution in [0.25, 0.3) is 0 Å². The predicted molar refractivity (Wildman–Crippen MR) is 136 cm³/mol. The first-order valence-corrected chi connectivity index (χ1v) is 14.5. The van der Waals surface area contributed by atoms with Gasteiger partial charge in [0.15, 0.2) is 9.84 Å². The van der Waals surface area contributed by atoms with Crippen molar-refractivity contribution in [2.75, 3.05) is 43.9 Å². The van der Waals surface area contributed by atoms with Crippen LogP contribution in [0.2, 0.25) is 0 Å². The van der Waals surface area contributed by atoms with Crippen molar-refractivity contribution in [3.8, 4) is 0 Å². The van der Waals surface area contributed by atoms with Crippen LogP contribution in [0.5, 0.6) is 0 Å². The molecule has 0 aliphatic carbocycles. The van der Waals surface area contributed by atoms with Gasteiger partial charge in [0, 0.05) is 22.6 Å². The number of aliphatic carboxylic acids is 1. The van der Waals surface area contributed by atoms with E-state index in [2.05, 4.69) is 27.2 Å². The molecule has 1 unspecified atom stereocenters. The Hall–Kier alpha value is -2.07. The van der Waals surface area contributed by atoms with E-state index in [0.29, 0.717) is 10.8 Å². The quantitative estimate of drug-likeness (QED) is 0.533. The van der Waals surface area contributed by atoms with Gasteiger partial charge in [0.25, 0.3) is 0 Å². The first-order chi connectivity index (χ1) is 16.2. The SMILES string of the molecule is CC(NCC1CCN(CCCN2c3ccccc3Sc3ccc(S(C)(=O)=O)cc32)CC1)C(=O)O. The molecule has 1 fully saturated rings. The normalized spacial score (nSPS) is 17.8. The van der Waals surface area contributed by atoms with E-state index in [4.69, 9.17) is 5.11 Å². The number of fused-ring (bicyclic) bond motifs is 2. The van der Waals surface area contributed by atoms with Crippen molar-refractivity contribution in [1.82, 2.24) is 10.2 Å². The molecule has 2 aromatic rings. The fourth-order valence-electron chi connectivity index (χ4n) is 4.58. The fraction of sp³-hybridized carbons (Fsp3) is 0.480. The number of nitrogens with one attached hydrogen (secondary N) is 1. The summed E-state index contributed by atoms with van der Waals surface area (Å²) in [6.07, 6.45) is 4.37. The van der Waals surface area contributed by atoms with Crippen molar-refractivity contribution < 1.29 is 18.3 Å². The van der Waals surface area contributed by atoms with Crippen LogP contribution in [0.1, 0.15) is 26.2 Å². The van der Waals surface area contributed by atoms with Crippen molar-refractivity contribution in [3.05, 3.63) is 42.5 Å². The first-order valence-electron chi connectivity index (χ1n) is 11.8. The minimum Gasteiger partial charge on any atom is -0.480 e. The maximum atomic E-state index is 12.2. The average Bonchev–Trinajstić information content (AvgIpc) is 2.81. The van der Waals surface area contributed by atoms with Gasteiger partial charge in [-0.25, -0.2) is 8.42 Å². The lowest BCUT2D eigenvalue weighted by Gasteiger charge is -2.35. The van der Waals surface area contributed by atoms with Gasteiger partial charge < -0.3 is 20.2 Å². The first kappa shape index (κ1) is 25.0. The summed E-state index contributed by atoms with van der Waals surface area (Å²) in [6.45, 7) is 6.28. The van der Waals surface area contributed by atoms with Crippen molar-refractivity contribution in [2.45, 2.75) is 46.9 Å². The van der Waals surface area contributed by atoms with Crippen LogP contribution in [0.4, 0.5) is 11.4 Å². The number of anilines is 2. The third-order valence-corrected chi connectivity index (χ3v) is 8.91. The summed E-state index contributed by atoms with van der Waals surface area (Å²) in [5, 5.41) is 12.1. The van der Waals surface area contributed by atoms with Gasteiger partial charge >= 0.3 is 5.97 Å². The minimum absolute atomic E-state index is 0.351. The van der Waals surface area contributed by atoms with E-state index in [1.54, 1.807) is 24.8 Å². The van der Waals surface area contributed by atoms with E-state index in [-0.39, 0.29) is 0 Å². The Morgan fingerprint density at radius 1 is 1.12 bits per heavy atom. The standard InChI is InChI=1S/C25H33N3O4S2/c1-18(25(29)30)26-17-19-10-14-27(15-11-19)12-5-13-28-21-6-3-4-7-23(21)33-24-9-8-20(16-22(24)28)34(2,31)32/h3-4,6-9,16,18-19,26H,5,10-15,17H2,1-2H3,(H,29,30). The molecule has 1 saturated heterocycles. The van der Waals surface area contributed by atoms with Crippen molar-refractivity contribution >= 4 is 38.9 Å². The van der Waals surface area contributed by atoms with E-state index in [9.17, 15) is 13.2 Å². The van der Waals surface area contributed by atoms with Gasteiger partial charge in [-0.15, -0.1) is 0 Å². The number of benzene rings is 2. The highest BCUT2D eigenvalue weighted by molar-refractivity contribution is 7.99. The number of carboxylic acids is 1. The molecular weight excluding hydrogens is 470 g/mol. The number of rotatable bonds is 9. The number of hydrogen-bond acceptors (Lipinski definition) is 7. The van der Waals surface area contributed by atoms with Gasteiger partial charge in [-0.2, -0.15) is 0 Å². The fourth-order valence-corrected chi connectivity index (χ4v) is 6.30. The summed E-state index contributed by atoms with van der Waals surface area (Å²) in [5.41, 5.74) is 2.09. The van der Waals surface area contributed by atoms with E-state index in [1.165, 1.54) is 11.2 Å². The van der Waals surface area contributed by atoms with Gasteiger partial charge in [-0.05, 0) is 88.6 Å². The molecule has 0 radical (unpaired) electrons. The molecule has 2 aromatic carbocycles. The Bertz CT molecular complexity index is 1130. The van der Waals surface area contributed by atoms with Gasteiger partial charge in [-0.1, -0.05) is 23.9 Å². The number of sulfone groups is 1. The Labute approximate surface area is 206 Å². The number of piperidine rings is 1. The lowest BCUT2D eigenvalue weighted by molar-refractivity contribution is -0.139. The number of para-hydroxylation sites is 1. The maximum Gasteiger partial charge on any atom is 0.320 e. The molecule has 0 spiro atoms. The molecule has 34 heavy (non-hydrogen) atoms. The molecule has 2 aliphatic heterocycles. The largest absolute Gasteiger partial charge is 0.480 e. The Morgan fingerprint density at radius 2 is 1.82 bits per heavy atom. The highest BCUT2D eigenvalue weighted by Crippen LogP contribution is 2.48. The molecule has 0 aromatic heterocycles. The molecule has 0 amide bonds. The van der Waals surface area contributed by atoms with E-state index in [1.807, 2.05) is 24.3 Å². The smallest absolute Gasteiger partial charge is 0.320 e. The van der Waals surface area contributed by atoms with Crippen LogP contribution < -0.4 is 10.2 Å². The number of nitrogens with zero attached hydrogens (tertiary/aromatic N) is 2. The Morgan fingerprint density at radius 3 is 2.53 bits per heavy atom. The molecule has 184 valence electrons. The number of carbonyl (C=O) groups is 1. The topological polar surface area (TPSA) is 90.0 Å². The van der Waals surface area contributed by atoms with Gasteiger partial charge in [0.1, 0.15) is 6.04 Å². The molecule has 7 nitrogen and oxygen atoms in total. The van der Waals surface area contributed by atoms with Crippen LogP contribution in [0, 0.1) is 5.92 Å². The molecule has 4 rings (SSSR count). The van der Waals surface area contributed by atoms with Crippen molar-refractivity contribution in [3.63, 3.8) is 0 Å². The number of carboxylic acid groups (broad SMARTS) is 1. The molecule has 0 saturated carbocycles. The highest BCUT2D eigenvalue weighted by Gasteiger charge is 2.25. The van der Waals surface area contributed by atoms with Crippen LogP contribution in [-0.2, 0) is 14.6 Å². The molecule has 1 atom stereocenters. The molecular formula is C25H33N3O4S2. The van der Waals surface area contributed by atoms with E-state index in [0.717, 1.165) is 68.3 Å². The average molecular weight is 504 g/mol. The van der Waals surface area contributed by atoms with E-state index >= 15 is 0 Å². The van der Waals surface area contributed by atoms with Gasteiger partial charge in [0.2, 0.25) is 0 Å². The third-order valence-electron chi connectivity index (χ3n) is 6.67. The van der Waals surface area contributed by atoms with Gasteiger partial charge in [0.05, 0.1) is 16.3 Å². The molecule has 2 aliphatic rings. The summed E-state index contributed by atoms with van der Waals surface area (Å²) in [5.74, 6) is -0.286. The van der Waals surface area contributed by atoms with Gasteiger partial charge in [-0.3, -0.25) is 4.79 Å². The monoisotopic (exact) mass is 503 g/mol. The number of likely N-dealkylation sites (tertiary alicyclic amines) is 1. The van der Waals surface area contributed by atoms with Crippen LogP contribution >= 0.6 is 11.8 Å². The van der Waals surface area contributed by atoms with E-state index < -0.39 is 21.8 Å². The second kappa shape index (κ2) is 10.7. The lowest BCUT2D eigenvalue weighted by atomic mass is 9.96. The maximum absolute atomic E-state index is 12.2. The van der Waals surface area contributed by atoms with Crippen LogP contribution in [0.3, 0.4) is 0 Å². The molecule has 2 N–H and O–H groups in total. The number of hydrogen-bond donors (Lipinski definition) is 2. The van der Waals surface area contributed by atoms with Crippen LogP contribution in [0.15, 0.2) is 57.2 Å². The highest BCUT2D eigenvalue weighted by atomic mass is 32.2. The van der Waals surface area contributed by atoms with Crippen molar-refractivity contribution in [2.24, 2.45) is 5.92 Å². The second-order valence-corrected chi connectivity index (χ2v) is 12.3. The summed E-state index contributed by atoms with van der Waals surface area (Å²) in [4.78, 5) is 18.3.